The summed E-state index contributed by atoms with van der Waals surface area (Å²) in [6.45, 7) is 1.69. The fraction of sp³-hybridized carbons (Fsp3) is 0.143. The summed E-state index contributed by atoms with van der Waals surface area (Å²) in [6, 6.07) is 0. The molecule has 0 spiro atoms. The van der Waals surface area contributed by atoms with Crippen LogP contribution in [0.1, 0.15) is 6.92 Å². The van der Waals surface area contributed by atoms with Gasteiger partial charge in [0.1, 0.15) is 0 Å². The Kier molecular flexibility index (Phi) is 19.1. The van der Waals surface area contributed by atoms with Crippen LogP contribution in [-0.4, -0.2) is 0 Å². The van der Waals surface area contributed by atoms with E-state index in [2.05, 4.69) is 23.7 Å². The summed E-state index contributed by atoms with van der Waals surface area (Å²) in [7, 11) is 0. The van der Waals surface area contributed by atoms with Crippen LogP contribution < -0.4 is 0 Å². The fourth-order valence-electron chi connectivity index (χ4n) is 0.125. The van der Waals surface area contributed by atoms with Crippen molar-refractivity contribution in [1.29, 1.82) is 0 Å². The van der Waals surface area contributed by atoms with Crippen LogP contribution in [0.4, 0.5) is 0 Å². The first-order chi connectivity index (χ1) is 4.41. The molecule has 0 aliphatic rings. The summed E-state index contributed by atoms with van der Waals surface area (Å²) in [5, 5.41) is 0. The van der Waals surface area contributed by atoms with Gasteiger partial charge in [0.15, 0.2) is 0 Å². The van der Waals surface area contributed by atoms with Crippen molar-refractivity contribution in [3.05, 3.63) is 6.42 Å². The molecule has 2 heteroatoms. The van der Waals surface area contributed by atoms with Crippen LogP contribution in [0, 0.1) is 36.0 Å². The average molecular weight is 154 g/mol. The molecule has 0 amide bonds. The van der Waals surface area contributed by atoms with Gasteiger partial charge >= 0.3 is 21.0 Å². The molecule has 0 heterocycles. The van der Waals surface area contributed by atoms with Crippen LogP contribution in [0.25, 0.3) is 0 Å². The predicted molar refractivity (Wildman–Crippen MR) is 29.0 cm³/mol. The van der Waals surface area contributed by atoms with Crippen molar-refractivity contribution in [3.63, 3.8) is 0 Å². The molecule has 0 rings (SSSR count). The molecule has 0 fully saturated rings. The van der Waals surface area contributed by atoms with Crippen LogP contribution in [0.15, 0.2) is 0 Å². The molecule has 0 unspecified atom stereocenters. The minimum atomic E-state index is 1.06. The van der Waals surface area contributed by atoms with E-state index in [1.54, 1.807) is 6.92 Å². The molecule has 0 saturated heterocycles. The molecule has 0 atom stereocenters. The van der Waals surface area contributed by atoms with Gasteiger partial charge in [-0.25, -0.2) is 5.92 Å². The SMILES string of the molecule is [C-]#CC#CC#CC.[O]=[V]. The van der Waals surface area contributed by atoms with Crippen LogP contribution in [0.5, 0.6) is 0 Å². The van der Waals surface area contributed by atoms with E-state index in [9.17, 15) is 0 Å². The summed E-state index contributed by atoms with van der Waals surface area (Å²) < 4.78 is 8.19. The second-order valence-electron chi connectivity index (χ2n) is 0.750. The Morgan fingerprint density at radius 1 is 1.22 bits per heavy atom. The van der Waals surface area contributed by atoms with Crippen molar-refractivity contribution >= 4 is 0 Å². The topological polar surface area (TPSA) is 17.1 Å². The van der Waals surface area contributed by atoms with Crippen molar-refractivity contribution in [2.45, 2.75) is 6.92 Å². The molecule has 0 aliphatic heterocycles. The fourth-order valence-corrected chi connectivity index (χ4v) is 0.125. The van der Waals surface area contributed by atoms with Gasteiger partial charge in [0, 0.05) is 0 Å². The second-order valence-corrected chi connectivity index (χ2v) is 0.750. The molecule has 9 heavy (non-hydrogen) atoms. The summed E-state index contributed by atoms with van der Waals surface area (Å²) in [6.07, 6.45) is 6.29. The average Bonchev–Trinajstić information content (AvgIpc) is 1.94. The minimum absolute atomic E-state index is 1.06. The Labute approximate surface area is 64.4 Å². The molecule has 43 valence electrons. The molecule has 0 saturated carbocycles. The van der Waals surface area contributed by atoms with Crippen molar-refractivity contribution < 1.29 is 21.0 Å². The van der Waals surface area contributed by atoms with Crippen LogP contribution in [-0.2, 0) is 21.0 Å². The van der Waals surface area contributed by atoms with Crippen molar-refractivity contribution in [1.82, 2.24) is 0 Å². The normalized spacial score (nSPS) is 3.00. The zero-order valence-electron chi connectivity index (χ0n) is 4.86. The van der Waals surface area contributed by atoms with Gasteiger partial charge in [0.25, 0.3) is 0 Å². The first-order valence-corrected chi connectivity index (χ1v) is 2.50. The Bertz CT molecular complexity index is 203. The van der Waals surface area contributed by atoms with Gasteiger partial charge in [-0.3, -0.25) is 5.92 Å². The van der Waals surface area contributed by atoms with Crippen molar-refractivity contribution in [2.75, 3.05) is 0 Å². The molecule has 0 aromatic rings. The van der Waals surface area contributed by atoms with Gasteiger partial charge in [0.2, 0.25) is 0 Å². The number of hydrogen-bond acceptors (Lipinski definition) is 1. The molecule has 0 N–H and O–H groups in total. The van der Waals surface area contributed by atoms with Crippen molar-refractivity contribution in [2.24, 2.45) is 0 Å². The third kappa shape index (κ3) is 19.3. The molecule has 0 aromatic heterocycles. The van der Waals surface area contributed by atoms with Gasteiger partial charge in [0.05, 0.1) is 0 Å². The quantitative estimate of drug-likeness (QED) is 0.366. The summed E-state index contributed by atoms with van der Waals surface area (Å²) in [5.41, 5.74) is 0. The first kappa shape index (κ1) is 10.9. The zero-order chi connectivity index (χ0) is 7.54. The van der Waals surface area contributed by atoms with Gasteiger partial charge in [-0.05, 0) is 12.8 Å². The van der Waals surface area contributed by atoms with Crippen molar-refractivity contribution in [3.8, 4) is 29.6 Å². The van der Waals surface area contributed by atoms with Crippen LogP contribution in [0.2, 0.25) is 0 Å². The number of hydrogen-bond donors (Lipinski definition) is 0. The summed E-state index contributed by atoms with van der Waals surface area (Å²) >= 11 is 1.06. The summed E-state index contributed by atoms with van der Waals surface area (Å²) in [5.74, 6) is 11.5. The maximum atomic E-state index is 8.19. The number of rotatable bonds is 0. The van der Waals surface area contributed by atoms with Gasteiger partial charge in [-0.15, -0.1) is 5.92 Å². The zero-order valence-corrected chi connectivity index (χ0v) is 6.25. The predicted octanol–water partition coefficient (Wildman–Crippen LogP) is 0.482. The Morgan fingerprint density at radius 3 is 2.11 bits per heavy atom. The second kappa shape index (κ2) is 15.7. The van der Waals surface area contributed by atoms with E-state index >= 15 is 0 Å². The molecule has 1 nitrogen and oxygen atoms in total. The van der Waals surface area contributed by atoms with Gasteiger partial charge in [-0.2, -0.15) is 0 Å². The van der Waals surface area contributed by atoms with E-state index < -0.39 is 0 Å². The van der Waals surface area contributed by atoms with E-state index in [-0.39, 0.29) is 0 Å². The first-order valence-electron chi connectivity index (χ1n) is 1.93. The maximum absolute atomic E-state index is 8.19. The third-order valence-electron chi connectivity index (χ3n) is 0.312. The Balaban J connectivity index is 0. The summed E-state index contributed by atoms with van der Waals surface area (Å²) in [4.78, 5) is 0. The van der Waals surface area contributed by atoms with Crippen LogP contribution in [0.3, 0.4) is 0 Å². The molecular weight excluding hydrogens is 151 g/mol. The third-order valence-corrected chi connectivity index (χ3v) is 0.312. The Hall–Kier alpha value is -0.936. The monoisotopic (exact) mass is 154 g/mol. The molecule has 0 radical (unpaired) electrons. The molecule has 0 aliphatic carbocycles. The molecule has 0 aromatic carbocycles. The van der Waals surface area contributed by atoms with E-state index in [0.717, 1.165) is 17.4 Å². The van der Waals surface area contributed by atoms with E-state index in [1.807, 2.05) is 5.92 Å². The molecular formula is C7H3OV-. The van der Waals surface area contributed by atoms with E-state index in [0.29, 0.717) is 0 Å². The van der Waals surface area contributed by atoms with E-state index in [4.69, 9.17) is 10.1 Å². The Morgan fingerprint density at radius 2 is 1.78 bits per heavy atom. The standard InChI is InChI=1S/C7H3.O.V/c1-3-5-7-6-4-2;;/h1H3;;/q-1;;. The van der Waals surface area contributed by atoms with E-state index in [1.165, 1.54) is 0 Å². The van der Waals surface area contributed by atoms with Gasteiger partial charge in [-0.1, -0.05) is 5.92 Å². The molecule has 0 bridgehead atoms. The van der Waals surface area contributed by atoms with Gasteiger partial charge < -0.3 is 6.42 Å². The van der Waals surface area contributed by atoms with Crippen LogP contribution >= 0.6 is 0 Å².